The van der Waals surface area contributed by atoms with E-state index in [4.69, 9.17) is 10.5 Å². The van der Waals surface area contributed by atoms with Gasteiger partial charge in [0.2, 0.25) is 5.91 Å². The molecule has 0 radical (unpaired) electrons. The van der Waals surface area contributed by atoms with Gasteiger partial charge in [-0.3, -0.25) is 4.79 Å². The van der Waals surface area contributed by atoms with E-state index in [9.17, 15) is 4.79 Å². The molecular formula is C15H30N2O2. The van der Waals surface area contributed by atoms with E-state index < -0.39 is 0 Å². The van der Waals surface area contributed by atoms with Gasteiger partial charge in [0.15, 0.2) is 0 Å². The van der Waals surface area contributed by atoms with E-state index in [1.165, 1.54) is 0 Å². The zero-order chi connectivity index (χ0) is 14.3. The first-order valence-electron chi connectivity index (χ1n) is 7.65. The van der Waals surface area contributed by atoms with Crippen LogP contribution in [0.2, 0.25) is 0 Å². The van der Waals surface area contributed by atoms with Crippen molar-refractivity contribution in [3.63, 3.8) is 0 Å². The predicted octanol–water partition coefficient (Wildman–Crippen LogP) is 2.07. The zero-order valence-electron chi connectivity index (χ0n) is 12.7. The second-order valence-corrected chi connectivity index (χ2v) is 6.07. The van der Waals surface area contributed by atoms with Crippen LogP contribution in [0, 0.1) is 11.8 Å². The number of hydrogen-bond acceptors (Lipinski definition) is 3. The molecule has 4 nitrogen and oxygen atoms in total. The third-order valence-corrected chi connectivity index (χ3v) is 3.95. The number of nitrogens with two attached hydrogens (primary N) is 1. The van der Waals surface area contributed by atoms with Crippen LogP contribution in [-0.4, -0.2) is 31.2 Å². The van der Waals surface area contributed by atoms with Gasteiger partial charge in [0.05, 0.1) is 12.6 Å². The van der Waals surface area contributed by atoms with Crippen LogP contribution in [-0.2, 0) is 9.53 Å². The number of carbonyl (C=O) groups excluding carboxylic acids is 1. The summed E-state index contributed by atoms with van der Waals surface area (Å²) >= 11 is 0. The molecule has 0 saturated heterocycles. The van der Waals surface area contributed by atoms with Gasteiger partial charge < -0.3 is 15.8 Å². The van der Waals surface area contributed by atoms with Crippen LogP contribution in [0.3, 0.4) is 0 Å². The van der Waals surface area contributed by atoms with E-state index in [2.05, 4.69) is 19.2 Å². The van der Waals surface area contributed by atoms with Crippen LogP contribution in [0.1, 0.15) is 52.9 Å². The Hall–Kier alpha value is -0.610. The summed E-state index contributed by atoms with van der Waals surface area (Å²) < 4.78 is 5.43. The second kappa shape index (κ2) is 8.54. The SMILES string of the molecule is CCOCC(NC(=O)CC1CCCC(N)C1)C(C)C. The summed E-state index contributed by atoms with van der Waals surface area (Å²) in [7, 11) is 0. The number of rotatable bonds is 7. The van der Waals surface area contributed by atoms with Gasteiger partial charge in [0.25, 0.3) is 0 Å². The molecule has 19 heavy (non-hydrogen) atoms. The van der Waals surface area contributed by atoms with Crippen molar-refractivity contribution in [3.05, 3.63) is 0 Å². The lowest BCUT2D eigenvalue weighted by Gasteiger charge is -2.27. The summed E-state index contributed by atoms with van der Waals surface area (Å²) in [5, 5.41) is 3.11. The van der Waals surface area contributed by atoms with Crippen molar-refractivity contribution in [2.45, 2.75) is 65.0 Å². The van der Waals surface area contributed by atoms with E-state index >= 15 is 0 Å². The molecule has 1 rings (SSSR count). The largest absolute Gasteiger partial charge is 0.380 e. The van der Waals surface area contributed by atoms with E-state index in [0.717, 1.165) is 25.7 Å². The molecule has 0 aromatic rings. The van der Waals surface area contributed by atoms with Gasteiger partial charge in [-0.25, -0.2) is 0 Å². The van der Waals surface area contributed by atoms with Crippen LogP contribution in [0.15, 0.2) is 0 Å². The number of ether oxygens (including phenoxy) is 1. The smallest absolute Gasteiger partial charge is 0.220 e. The first-order chi connectivity index (χ1) is 9.02. The Morgan fingerprint density at radius 1 is 1.42 bits per heavy atom. The van der Waals surface area contributed by atoms with Gasteiger partial charge in [-0.2, -0.15) is 0 Å². The molecule has 1 amide bonds. The Morgan fingerprint density at radius 2 is 2.16 bits per heavy atom. The van der Waals surface area contributed by atoms with Crippen molar-refractivity contribution in [2.75, 3.05) is 13.2 Å². The maximum atomic E-state index is 12.1. The number of hydrogen-bond donors (Lipinski definition) is 2. The lowest BCUT2D eigenvalue weighted by molar-refractivity contribution is -0.123. The third-order valence-electron chi connectivity index (χ3n) is 3.95. The highest BCUT2D eigenvalue weighted by Crippen LogP contribution is 2.25. The first-order valence-corrected chi connectivity index (χ1v) is 7.65. The van der Waals surface area contributed by atoms with Gasteiger partial charge in [-0.1, -0.05) is 20.3 Å². The van der Waals surface area contributed by atoms with Crippen molar-refractivity contribution in [1.29, 1.82) is 0 Å². The standard InChI is InChI=1S/C15H30N2O2/c1-4-19-10-14(11(2)3)17-15(18)9-12-6-5-7-13(16)8-12/h11-14H,4-10,16H2,1-3H3,(H,17,18). The number of carbonyl (C=O) groups is 1. The molecule has 4 heteroatoms. The summed E-state index contributed by atoms with van der Waals surface area (Å²) in [5.74, 6) is 1.00. The quantitative estimate of drug-likeness (QED) is 0.744. The lowest BCUT2D eigenvalue weighted by atomic mass is 9.84. The molecule has 0 bridgehead atoms. The minimum atomic E-state index is 0.115. The molecule has 3 atom stereocenters. The molecule has 0 aliphatic heterocycles. The van der Waals surface area contributed by atoms with Gasteiger partial charge in [0.1, 0.15) is 0 Å². The maximum Gasteiger partial charge on any atom is 0.220 e. The lowest BCUT2D eigenvalue weighted by Crippen LogP contribution is -2.43. The van der Waals surface area contributed by atoms with E-state index in [1.807, 2.05) is 6.92 Å². The molecule has 0 spiro atoms. The van der Waals surface area contributed by atoms with Gasteiger partial charge in [-0.15, -0.1) is 0 Å². The molecular weight excluding hydrogens is 240 g/mol. The minimum absolute atomic E-state index is 0.115. The average Bonchev–Trinajstić information content (AvgIpc) is 2.34. The third kappa shape index (κ3) is 6.39. The van der Waals surface area contributed by atoms with Gasteiger partial charge in [-0.05, 0) is 38.0 Å². The Kier molecular flexibility index (Phi) is 7.39. The molecule has 1 fully saturated rings. The minimum Gasteiger partial charge on any atom is -0.380 e. The fraction of sp³-hybridized carbons (Fsp3) is 0.933. The molecule has 3 unspecified atom stereocenters. The fourth-order valence-corrected chi connectivity index (χ4v) is 2.69. The first kappa shape index (κ1) is 16.4. The fourth-order valence-electron chi connectivity index (χ4n) is 2.69. The number of nitrogens with one attached hydrogen (secondary N) is 1. The van der Waals surface area contributed by atoms with Crippen LogP contribution < -0.4 is 11.1 Å². The Labute approximate surface area is 117 Å². The molecule has 0 heterocycles. The van der Waals surface area contributed by atoms with Crippen molar-refractivity contribution < 1.29 is 9.53 Å². The summed E-state index contributed by atoms with van der Waals surface area (Å²) in [6.07, 6.45) is 5.01. The monoisotopic (exact) mass is 270 g/mol. The Morgan fingerprint density at radius 3 is 2.74 bits per heavy atom. The van der Waals surface area contributed by atoms with Crippen molar-refractivity contribution in [3.8, 4) is 0 Å². The molecule has 1 aliphatic rings. The average molecular weight is 270 g/mol. The van der Waals surface area contributed by atoms with Crippen LogP contribution in [0.5, 0.6) is 0 Å². The van der Waals surface area contributed by atoms with E-state index in [1.54, 1.807) is 0 Å². The second-order valence-electron chi connectivity index (χ2n) is 6.07. The van der Waals surface area contributed by atoms with Gasteiger partial charge >= 0.3 is 0 Å². The van der Waals surface area contributed by atoms with Crippen molar-refractivity contribution >= 4 is 5.91 Å². The molecule has 1 aliphatic carbocycles. The van der Waals surface area contributed by atoms with E-state index in [0.29, 0.717) is 31.5 Å². The maximum absolute atomic E-state index is 12.1. The van der Waals surface area contributed by atoms with Crippen LogP contribution in [0.4, 0.5) is 0 Å². The topological polar surface area (TPSA) is 64.3 Å². The zero-order valence-corrected chi connectivity index (χ0v) is 12.7. The van der Waals surface area contributed by atoms with Crippen molar-refractivity contribution in [1.82, 2.24) is 5.32 Å². The summed E-state index contributed by atoms with van der Waals surface area (Å²) in [6, 6.07) is 0.403. The molecule has 112 valence electrons. The van der Waals surface area contributed by atoms with Crippen LogP contribution >= 0.6 is 0 Å². The number of amides is 1. The highest BCUT2D eigenvalue weighted by Gasteiger charge is 2.23. The highest BCUT2D eigenvalue weighted by molar-refractivity contribution is 5.76. The molecule has 0 aromatic carbocycles. The van der Waals surface area contributed by atoms with Crippen LogP contribution in [0.25, 0.3) is 0 Å². The van der Waals surface area contributed by atoms with Crippen molar-refractivity contribution in [2.24, 2.45) is 17.6 Å². The predicted molar refractivity (Wildman–Crippen MR) is 77.8 cm³/mol. The Balaban J connectivity index is 2.34. The summed E-state index contributed by atoms with van der Waals surface area (Å²) in [5.41, 5.74) is 5.96. The summed E-state index contributed by atoms with van der Waals surface area (Å²) in [6.45, 7) is 7.49. The van der Waals surface area contributed by atoms with Gasteiger partial charge in [0, 0.05) is 19.1 Å². The molecule has 1 saturated carbocycles. The normalized spacial score (nSPS) is 25.3. The Bertz CT molecular complexity index is 269. The molecule has 0 aromatic heterocycles. The highest BCUT2D eigenvalue weighted by atomic mass is 16.5. The molecule has 3 N–H and O–H groups in total. The van der Waals surface area contributed by atoms with E-state index in [-0.39, 0.29) is 18.0 Å². The summed E-state index contributed by atoms with van der Waals surface area (Å²) in [4.78, 5) is 12.1.